The lowest BCUT2D eigenvalue weighted by Crippen LogP contribution is -2.10. The summed E-state index contributed by atoms with van der Waals surface area (Å²) < 4.78 is 1.70. The number of Topliss-reactive ketones (excluding diaryl/α,β-unsaturated/α-hetero) is 2. The average molecular weight is 388 g/mol. The highest BCUT2D eigenvalue weighted by Gasteiger charge is 2.15. The van der Waals surface area contributed by atoms with Gasteiger partial charge in [-0.2, -0.15) is 0 Å². The lowest BCUT2D eigenvalue weighted by Gasteiger charge is -2.04. The largest absolute Gasteiger partial charge is 0.307 e. The summed E-state index contributed by atoms with van der Waals surface area (Å²) in [5.74, 6) is 0.259. The van der Waals surface area contributed by atoms with Crippen molar-refractivity contribution in [2.24, 2.45) is 0 Å². The molecule has 7 heteroatoms. The molecule has 0 aliphatic heterocycles. The van der Waals surface area contributed by atoms with E-state index in [0.29, 0.717) is 27.3 Å². The Morgan fingerprint density at radius 2 is 1.46 bits per heavy atom. The monoisotopic (exact) mass is 388 g/mol. The Morgan fingerprint density at radius 3 is 2.14 bits per heavy atom. The first-order chi connectivity index (χ1) is 13.7. The number of hydrogen-bond donors (Lipinski definition) is 0. The number of aromatic nitrogens is 4. The maximum Gasteiger partial charge on any atom is 0.182 e. The van der Waals surface area contributed by atoms with E-state index in [1.54, 1.807) is 35.2 Å². The normalized spacial score (nSPS) is 10.9. The first-order valence-corrected chi connectivity index (χ1v) is 9.66. The fourth-order valence-corrected chi connectivity index (χ4v) is 3.63. The SMILES string of the molecule is O=C(CSc1ncnc2c1ncn2CC(=O)c1ccccc1)c1ccccc1. The first kappa shape index (κ1) is 18.1. The van der Waals surface area contributed by atoms with Crippen LogP contribution < -0.4 is 0 Å². The van der Waals surface area contributed by atoms with Crippen LogP contribution in [0.15, 0.2) is 78.3 Å². The van der Waals surface area contributed by atoms with Crippen LogP contribution in [0.1, 0.15) is 20.7 Å². The molecule has 4 rings (SSSR count). The van der Waals surface area contributed by atoms with Gasteiger partial charge in [0, 0.05) is 11.1 Å². The van der Waals surface area contributed by atoms with Gasteiger partial charge in [0.2, 0.25) is 0 Å². The minimum Gasteiger partial charge on any atom is -0.307 e. The van der Waals surface area contributed by atoms with Crippen molar-refractivity contribution in [3.63, 3.8) is 0 Å². The molecule has 6 nitrogen and oxygen atoms in total. The van der Waals surface area contributed by atoms with Gasteiger partial charge in [-0.05, 0) is 0 Å². The molecule has 0 saturated carbocycles. The maximum atomic E-state index is 12.5. The number of nitrogens with zero attached hydrogens (tertiary/aromatic N) is 4. The summed E-state index contributed by atoms with van der Waals surface area (Å²) in [6.45, 7) is 0.143. The van der Waals surface area contributed by atoms with Crippen molar-refractivity contribution < 1.29 is 9.59 Å². The van der Waals surface area contributed by atoms with Crippen molar-refractivity contribution in [3.8, 4) is 0 Å². The molecule has 0 aliphatic carbocycles. The third-order valence-electron chi connectivity index (χ3n) is 4.21. The molecule has 4 aromatic rings. The van der Waals surface area contributed by atoms with Crippen molar-refractivity contribution >= 4 is 34.5 Å². The number of fused-ring (bicyclic) bond motifs is 1. The standard InChI is InChI=1S/C21H16N4O2S/c26-17(15-7-3-1-4-8-15)11-25-14-24-19-20(25)22-13-23-21(19)28-12-18(27)16-9-5-2-6-10-16/h1-10,13-14H,11-12H2. The number of hydrogen-bond acceptors (Lipinski definition) is 6. The van der Waals surface area contributed by atoms with Gasteiger partial charge in [0.1, 0.15) is 16.9 Å². The third kappa shape index (κ3) is 3.84. The van der Waals surface area contributed by atoms with Crippen LogP contribution in [-0.2, 0) is 6.54 Å². The van der Waals surface area contributed by atoms with E-state index in [1.165, 1.54) is 18.1 Å². The number of carbonyl (C=O) groups is 2. The van der Waals surface area contributed by atoms with Gasteiger partial charge in [-0.3, -0.25) is 9.59 Å². The fraction of sp³-hybridized carbons (Fsp3) is 0.0952. The quantitative estimate of drug-likeness (QED) is 0.273. The van der Waals surface area contributed by atoms with Gasteiger partial charge in [0.05, 0.1) is 18.6 Å². The Morgan fingerprint density at radius 1 is 0.821 bits per heavy atom. The summed E-state index contributed by atoms with van der Waals surface area (Å²) in [6.07, 6.45) is 3.02. The van der Waals surface area contributed by atoms with E-state index >= 15 is 0 Å². The second-order valence-corrected chi connectivity index (χ2v) is 7.05. The molecule has 0 saturated heterocycles. The van der Waals surface area contributed by atoms with Crippen LogP contribution in [0.3, 0.4) is 0 Å². The second kappa shape index (κ2) is 8.14. The third-order valence-corrected chi connectivity index (χ3v) is 5.19. The van der Waals surface area contributed by atoms with Crippen LogP contribution in [0.25, 0.3) is 11.2 Å². The van der Waals surface area contributed by atoms with Crippen molar-refractivity contribution in [1.82, 2.24) is 19.5 Å². The lowest BCUT2D eigenvalue weighted by atomic mass is 10.1. The van der Waals surface area contributed by atoms with Gasteiger partial charge < -0.3 is 4.57 Å². The molecule has 0 spiro atoms. The van der Waals surface area contributed by atoms with Gasteiger partial charge in [-0.1, -0.05) is 72.4 Å². The number of benzene rings is 2. The minimum atomic E-state index is -0.0213. The Kier molecular flexibility index (Phi) is 5.25. The van der Waals surface area contributed by atoms with Crippen molar-refractivity contribution in [2.75, 3.05) is 5.75 Å². The van der Waals surface area contributed by atoms with Crippen LogP contribution in [0.2, 0.25) is 0 Å². The zero-order valence-electron chi connectivity index (χ0n) is 14.9. The molecular formula is C21H16N4O2S. The summed E-state index contributed by atoms with van der Waals surface area (Å²) in [5.41, 5.74) is 2.48. The molecule has 0 atom stereocenters. The molecule has 0 aliphatic rings. The molecular weight excluding hydrogens is 372 g/mol. The fourth-order valence-electron chi connectivity index (χ4n) is 2.79. The summed E-state index contributed by atoms with van der Waals surface area (Å²) in [4.78, 5) is 37.7. The number of rotatable bonds is 7. The molecule has 0 radical (unpaired) electrons. The molecule has 0 fully saturated rings. The number of thioether (sulfide) groups is 1. The number of carbonyl (C=O) groups excluding carboxylic acids is 2. The average Bonchev–Trinajstić information content (AvgIpc) is 3.16. The van der Waals surface area contributed by atoms with Crippen molar-refractivity contribution in [2.45, 2.75) is 11.6 Å². The Bertz CT molecular complexity index is 1130. The van der Waals surface area contributed by atoms with Crippen molar-refractivity contribution in [3.05, 3.63) is 84.4 Å². The maximum absolute atomic E-state index is 12.5. The molecule has 0 N–H and O–H groups in total. The highest BCUT2D eigenvalue weighted by atomic mass is 32.2. The van der Waals surface area contributed by atoms with E-state index in [9.17, 15) is 9.59 Å². The highest BCUT2D eigenvalue weighted by molar-refractivity contribution is 8.00. The van der Waals surface area contributed by atoms with E-state index in [-0.39, 0.29) is 23.9 Å². The molecule has 2 aromatic heterocycles. The molecule has 2 heterocycles. The Labute approximate surface area is 165 Å². The van der Waals surface area contributed by atoms with E-state index < -0.39 is 0 Å². The van der Waals surface area contributed by atoms with Crippen LogP contribution in [0, 0.1) is 0 Å². The van der Waals surface area contributed by atoms with Crippen LogP contribution in [-0.4, -0.2) is 36.8 Å². The van der Waals surface area contributed by atoms with Gasteiger partial charge in [-0.15, -0.1) is 0 Å². The van der Waals surface area contributed by atoms with Gasteiger partial charge >= 0.3 is 0 Å². The molecule has 0 bridgehead atoms. The second-order valence-electron chi connectivity index (χ2n) is 6.09. The van der Waals surface area contributed by atoms with E-state index in [4.69, 9.17) is 0 Å². The molecule has 28 heavy (non-hydrogen) atoms. The van der Waals surface area contributed by atoms with Crippen LogP contribution >= 0.6 is 11.8 Å². The summed E-state index contributed by atoms with van der Waals surface area (Å²) in [5, 5.41) is 0.625. The number of imidazole rings is 1. The molecule has 138 valence electrons. The summed E-state index contributed by atoms with van der Waals surface area (Å²) in [6, 6.07) is 18.3. The molecule has 2 aromatic carbocycles. The van der Waals surface area contributed by atoms with Gasteiger partial charge in [-0.25, -0.2) is 15.0 Å². The predicted molar refractivity (Wildman–Crippen MR) is 108 cm³/mol. The topological polar surface area (TPSA) is 77.7 Å². The molecule has 0 amide bonds. The number of ketones is 2. The van der Waals surface area contributed by atoms with Gasteiger partial charge in [0.15, 0.2) is 17.2 Å². The highest BCUT2D eigenvalue weighted by Crippen LogP contribution is 2.24. The smallest absolute Gasteiger partial charge is 0.182 e. The Balaban J connectivity index is 1.52. The van der Waals surface area contributed by atoms with Crippen LogP contribution in [0.5, 0.6) is 0 Å². The zero-order valence-corrected chi connectivity index (χ0v) is 15.7. The van der Waals surface area contributed by atoms with Crippen LogP contribution in [0.4, 0.5) is 0 Å². The van der Waals surface area contributed by atoms with E-state index in [1.807, 2.05) is 36.4 Å². The lowest BCUT2D eigenvalue weighted by molar-refractivity contribution is 0.0972. The zero-order chi connectivity index (χ0) is 19.3. The summed E-state index contributed by atoms with van der Waals surface area (Å²) >= 11 is 1.32. The minimum absolute atomic E-state index is 0.0213. The van der Waals surface area contributed by atoms with E-state index in [0.717, 1.165) is 0 Å². The van der Waals surface area contributed by atoms with Crippen molar-refractivity contribution in [1.29, 1.82) is 0 Å². The Hall–Kier alpha value is -3.32. The van der Waals surface area contributed by atoms with E-state index in [2.05, 4.69) is 15.0 Å². The van der Waals surface area contributed by atoms with Gasteiger partial charge in [0.25, 0.3) is 0 Å². The first-order valence-electron chi connectivity index (χ1n) is 8.67. The summed E-state index contributed by atoms with van der Waals surface area (Å²) in [7, 11) is 0. The molecule has 0 unspecified atom stereocenters. The predicted octanol–water partition coefficient (Wildman–Crippen LogP) is 3.68.